The van der Waals surface area contributed by atoms with Crippen LogP contribution < -0.4 is 11.1 Å². The lowest BCUT2D eigenvalue weighted by Gasteiger charge is -2.19. The molecule has 0 spiro atoms. The van der Waals surface area contributed by atoms with E-state index in [0.29, 0.717) is 17.8 Å². The summed E-state index contributed by atoms with van der Waals surface area (Å²) in [6.45, 7) is 8.49. The van der Waals surface area contributed by atoms with Crippen molar-refractivity contribution < 1.29 is 8.78 Å². The average molecular weight is 456 g/mol. The number of imidazole rings is 1. The molecule has 4 aromatic heterocycles. The van der Waals surface area contributed by atoms with E-state index in [1.165, 1.54) is 0 Å². The Bertz CT molecular complexity index is 1340. The molecule has 1 saturated heterocycles. The van der Waals surface area contributed by atoms with Gasteiger partial charge >= 0.3 is 0 Å². The number of nitrogen functional groups attached to an aromatic ring is 1. The van der Waals surface area contributed by atoms with Crippen LogP contribution in [-0.2, 0) is 0 Å². The summed E-state index contributed by atoms with van der Waals surface area (Å²) in [6.07, 6.45) is 1.73. The number of aryl methyl sites for hydroxylation is 1. The molecule has 174 valence electrons. The maximum Gasteiger partial charge on any atom is 0.281 e. The van der Waals surface area contributed by atoms with Gasteiger partial charge in [0.15, 0.2) is 11.5 Å². The fourth-order valence-corrected chi connectivity index (χ4v) is 4.59. The van der Waals surface area contributed by atoms with Crippen molar-refractivity contribution in [1.29, 1.82) is 0 Å². The number of likely N-dealkylation sites (tertiary alicyclic amines) is 1. The molecule has 1 aliphatic rings. The fourth-order valence-electron chi connectivity index (χ4n) is 4.59. The molecule has 1 aliphatic heterocycles. The molecular formula is C22H27F2N9. The van der Waals surface area contributed by atoms with Crippen LogP contribution in [0.2, 0.25) is 0 Å². The predicted octanol–water partition coefficient (Wildman–Crippen LogP) is 3.36. The van der Waals surface area contributed by atoms with Gasteiger partial charge in [0.1, 0.15) is 22.9 Å². The quantitative estimate of drug-likeness (QED) is 0.476. The maximum atomic E-state index is 14.4. The summed E-state index contributed by atoms with van der Waals surface area (Å²) >= 11 is 0. The number of nitrogens with zero attached hydrogens (tertiary/aromatic N) is 7. The third-order valence-corrected chi connectivity index (χ3v) is 6.18. The molecule has 5 rings (SSSR count). The maximum absolute atomic E-state index is 14.4. The van der Waals surface area contributed by atoms with Crippen LogP contribution >= 0.6 is 0 Å². The minimum absolute atomic E-state index is 0.0710. The predicted molar refractivity (Wildman–Crippen MR) is 124 cm³/mol. The number of hydrogen-bond donors (Lipinski definition) is 2. The first-order valence-electron chi connectivity index (χ1n) is 11.1. The van der Waals surface area contributed by atoms with Gasteiger partial charge in [-0.25, -0.2) is 23.3 Å². The SMILES string of the molecule is CCN1C[C@@H](Nc2nc(N)c3c(-c4ccc5nc(C)n(C(C)C)c5n4)ccn3n2)C(F)(F)C1. The largest absolute Gasteiger partial charge is 0.382 e. The Morgan fingerprint density at radius 2 is 2.00 bits per heavy atom. The Balaban J connectivity index is 1.52. The molecule has 0 aliphatic carbocycles. The Labute approximate surface area is 189 Å². The molecule has 4 aromatic rings. The number of nitrogens with two attached hydrogens (primary N) is 1. The number of anilines is 2. The second-order valence-electron chi connectivity index (χ2n) is 8.79. The third kappa shape index (κ3) is 3.56. The number of pyridine rings is 1. The standard InChI is InChI=1S/C22H27F2N9/c1-5-31-10-17(22(23,24)11-31)28-21-29-19(25)18-14(8-9-32(18)30-21)15-6-7-16-20(27-15)33(12(2)3)13(4)26-16/h6-9,12,17H,5,10-11H2,1-4H3,(H3,25,28,29,30)/t17-/m1/s1. The van der Waals surface area contributed by atoms with Crippen molar-refractivity contribution in [1.82, 2.24) is 34.0 Å². The highest BCUT2D eigenvalue weighted by Crippen LogP contribution is 2.32. The van der Waals surface area contributed by atoms with Gasteiger partial charge in [-0.05, 0) is 45.5 Å². The number of hydrogen-bond acceptors (Lipinski definition) is 7. The molecule has 0 aromatic carbocycles. The summed E-state index contributed by atoms with van der Waals surface area (Å²) in [5.41, 5.74) is 9.94. The monoisotopic (exact) mass is 455 g/mol. The van der Waals surface area contributed by atoms with Crippen LogP contribution in [0.1, 0.15) is 32.6 Å². The fraction of sp³-hybridized carbons (Fsp3) is 0.455. The molecule has 9 nitrogen and oxygen atoms in total. The summed E-state index contributed by atoms with van der Waals surface area (Å²) < 4.78 is 32.4. The van der Waals surface area contributed by atoms with Crippen molar-refractivity contribution in [2.75, 3.05) is 30.7 Å². The van der Waals surface area contributed by atoms with Gasteiger partial charge in [-0.3, -0.25) is 4.90 Å². The molecule has 11 heteroatoms. The molecule has 3 N–H and O–H groups in total. The van der Waals surface area contributed by atoms with Crippen LogP contribution in [0.15, 0.2) is 24.4 Å². The third-order valence-electron chi connectivity index (χ3n) is 6.18. The van der Waals surface area contributed by atoms with Gasteiger partial charge in [-0.2, -0.15) is 4.98 Å². The van der Waals surface area contributed by atoms with E-state index in [4.69, 9.17) is 10.7 Å². The number of fused-ring (bicyclic) bond motifs is 2. The Morgan fingerprint density at radius 1 is 1.21 bits per heavy atom. The highest BCUT2D eigenvalue weighted by Gasteiger charge is 2.48. The van der Waals surface area contributed by atoms with Crippen molar-refractivity contribution in [3.05, 3.63) is 30.2 Å². The van der Waals surface area contributed by atoms with E-state index in [2.05, 4.69) is 38.8 Å². The molecular weight excluding hydrogens is 428 g/mol. The summed E-state index contributed by atoms with van der Waals surface area (Å²) in [7, 11) is 0. The van der Waals surface area contributed by atoms with Crippen LogP contribution in [-0.4, -0.2) is 65.6 Å². The Kier molecular flexibility index (Phi) is 4.96. The van der Waals surface area contributed by atoms with Crippen LogP contribution in [0.4, 0.5) is 20.5 Å². The summed E-state index contributed by atoms with van der Waals surface area (Å²) in [5, 5.41) is 7.17. The minimum atomic E-state index is -2.87. The van der Waals surface area contributed by atoms with E-state index in [-0.39, 0.29) is 30.9 Å². The second-order valence-corrected chi connectivity index (χ2v) is 8.79. The summed E-state index contributed by atoms with van der Waals surface area (Å²) in [4.78, 5) is 15.4. The molecule has 1 fully saturated rings. The molecule has 0 bridgehead atoms. The van der Waals surface area contributed by atoms with Crippen molar-refractivity contribution in [2.45, 2.75) is 45.7 Å². The highest BCUT2D eigenvalue weighted by atomic mass is 19.3. The molecule has 0 unspecified atom stereocenters. The van der Waals surface area contributed by atoms with E-state index in [1.54, 1.807) is 15.6 Å². The molecule has 0 radical (unpaired) electrons. The average Bonchev–Trinajstić information content (AvgIpc) is 3.40. The summed E-state index contributed by atoms with van der Waals surface area (Å²) in [6, 6.07) is 4.81. The molecule has 0 saturated carbocycles. The van der Waals surface area contributed by atoms with Crippen molar-refractivity contribution in [3.8, 4) is 11.3 Å². The van der Waals surface area contributed by atoms with Crippen LogP contribution in [0.25, 0.3) is 27.9 Å². The van der Waals surface area contributed by atoms with Crippen LogP contribution in [0.5, 0.6) is 0 Å². The molecule has 33 heavy (non-hydrogen) atoms. The number of halogens is 2. The lowest BCUT2D eigenvalue weighted by atomic mass is 10.2. The first kappa shape index (κ1) is 21.5. The van der Waals surface area contributed by atoms with Gasteiger partial charge in [-0.15, -0.1) is 5.10 Å². The number of likely N-dealkylation sites (N-methyl/N-ethyl adjacent to an activating group) is 1. The Morgan fingerprint density at radius 3 is 2.70 bits per heavy atom. The lowest BCUT2D eigenvalue weighted by Crippen LogP contribution is -2.38. The van der Waals surface area contributed by atoms with E-state index in [1.807, 2.05) is 32.0 Å². The smallest absolute Gasteiger partial charge is 0.281 e. The first-order chi connectivity index (χ1) is 15.7. The van der Waals surface area contributed by atoms with Crippen molar-refractivity contribution in [3.63, 3.8) is 0 Å². The zero-order valence-electron chi connectivity index (χ0n) is 19.0. The number of rotatable bonds is 5. The van der Waals surface area contributed by atoms with Gasteiger partial charge in [0.05, 0.1) is 12.2 Å². The number of nitrogens with one attached hydrogen (secondary N) is 1. The second kappa shape index (κ2) is 7.62. The van der Waals surface area contributed by atoms with E-state index in [0.717, 1.165) is 22.6 Å². The molecule has 0 amide bonds. The van der Waals surface area contributed by atoms with Crippen LogP contribution in [0, 0.1) is 6.92 Å². The zero-order valence-corrected chi connectivity index (χ0v) is 19.0. The van der Waals surface area contributed by atoms with Gasteiger partial charge in [0.2, 0.25) is 5.95 Å². The van der Waals surface area contributed by atoms with Gasteiger partial charge in [0, 0.05) is 24.3 Å². The van der Waals surface area contributed by atoms with E-state index >= 15 is 0 Å². The topological polar surface area (TPSA) is 102 Å². The Hall–Kier alpha value is -3.34. The molecule has 5 heterocycles. The van der Waals surface area contributed by atoms with E-state index in [9.17, 15) is 8.78 Å². The number of alkyl halides is 2. The van der Waals surface area contributed by atoms with Crippen molar-refractivity contribution >= 4 is 28.4 Å². The summed E-state index contributed by atoms with van der Waals surface area (Å²) in [5.74, 6) is -1.71. The minimum Gasteiger partial charge on any atom is -0.382 e. The van der Waals surface area contributed by atoms with Crippen molar-refractivity contribution in [2.24, 2.45) is 0 Å². The number of aromatic nitrogens is 6. The zero-order chi connectivity index (χ0) is 23.5. The highest BCUT2D eigenvalue weighted by molar-refractivity contribution is 5.88. The first-order valence-corrected chi connectivity index (χ1v) is 11.1. The normalized spacial score (nSPS) is 18.7. The van der Waals surface area contributed by atoms with Gasteiger partial charge < -0.3 is 15.6 Å². The molecule has 1 atom stereocenters. The van der Waals surface area contributed by atoms with Crippen LogP contribution in [0.3, 0.4) is 0 Å². The van der Waals surface area contributed by atoms with Gasteiger partial charge in [-0.1, -0.05) is 6.92 Å². The lowest BCUT2D eigenvalue weighted by molar-refractivity contribution is 0.00429. The van der Waals surface area contributed by atoms with E-state index < -0.39 is 12.0 Å². The van der Waals surface area contributed by atoms with Gasteiger partial charge in [0.25, 0.3) is 5.92 Å².